The monoisotopic (exact) mass is 399 g/mol. The van der Waals surface area contributed by atoms with E-state index in [1.165, 1.54) is 22.7 Å². The Labute approximate surface area is 155 Å². The zero-order valence-electron chi connectivity index (χ0n) is 14.0. The summed E-state index contributed by atoms with van der Waals surface area (Å²) in [6.45, 7) is 3.77. The van der Waals surface area contributed by atoms with Gasteiger partial charge in [0.25, 0.3) is 0 Å². The second-order valence-corrected chi connectivity index (χ2v) is 9.65. The van der Waals surface area contributed by atoms with Gasteiger partial charge in [-0.15, -0.1) is 22.7 Å². The number of sulfonamides is 1. The van der Waals surface area contributed by atoms with Crippen LogP contribution < -0.4 is 4.72 Å². The van der Waals surface area contributed by atoms with Crippen molar-refractivity contribution in [2.24, 2.45) is 0 Å². The lowest BCUT2D eigenvalue weighted by molar-refractivity contribution is -0.127. The molecule has 1 saturated heterocycles. The van der Waals surface area contributed by atoms with Crippen molar-refractivity contribution in [2.75, 3.05) is 19.6 Å². The van der Waals surface area contributed by atoms with Gasteiger partial charge in [-0.2, -0.15) is 0 Å². The topological polar surface area (TPSA) is 79.4 Å². The average molecular weight is 400 g/mol. The number of amides is 1. The number of aromatic nitrogens is 1. The molecule has 0 spiro atoms. The Balaban J connectivity index is 1.56. The first-order valence-electron chi connectivity index (χ1n) is 8.30. The number of likely N-dealkylation sites (tertiary alicyclic amines) is 1. The first-order valence-corrected chi connectivity index (χ1v) is 11.5. The van der Waals surface area contributed by atoms with Crippen molar-refractivity contribution in [3.05, 3.63) is 22.5 Å². The number of hydrogen-bond donors (Lipinski definition) is 1. The number of carbonyl (C=O) groups excluding carboxylic acids is 1. The molecule has 2 aromatic rings. The zero-order valence-corrected chi connectivity index (χ0v) is 16.5. The van der Waals surface area contributed by atoms with Crippen LogP contribution >= 0.6 is 22.7 Å². The number of aryl methyl sites for hydroxylation is 1. The molecule has 9 heteroatoms. The lowest BCUT2D eigenvalue weighted by Crippen LogP contribution is -2.30. The van der Waals surface area contributed by atoms with E-state index in [-0.39, 0.29) is 5.91 Å². The SMILES string of the molecule is CCc1csc(-c2csc(S(=O)(=O)NCCCN3CCCC3=O)c2)n1. The van der Waals surface area contributed by atoms with Crippen LogP contribution in [0.25, 0.3) is 10.6 Å². The van der Waals surface area contributed by atoms with E-state index in [1.807, 2.05) is 17.7 Å². The molecular formula is C16H21N3O3S3. The molecule has 0 aliphatic carbocycles. The first kappa shape index (κ1) is 18.5. The summed E-state index contributed by atoms with van der Waals surface area (Å²) in [6, 6.07) is 1.68. The van der Waals surface area contributed by atoms with E-state index in [0.29, 0.717) is 30.1 Å². The van der Waals surface area contributed by atoms with Crippen molar-refractivity contribution in [3.63, 3.8) is 0 Å². The van der Waals surface area contributed by atoms with Crippen LogP contribution in [0.15, 0.2) is 21.0 Å². The Hall–Kier alpha value is -1.29. The summed E-state index contributed by atoms with van der Waals surface area (Å²) in [5.41, 5.74) is 1.86. The molecule has 136 valence electrons. The molecule has 1 N–H and O–H groups in total. The van der Waals surface area contributed by atoms with Gasteiger partial charge in [0.15, 0.2) is 0 Å². The molecule has 0 saturated carbocycles. The van der Waals surface area contributed by atoms with Gasteiger partial charge < -0.3 is 4.90 Å². The lowest BCUT2D eigenvalue weighted by atomic mass is 10.3. The molecule has 0 radical (unpaired) electrons. The summed E-state index contributed by atoms with van der Waals surface area (Å²) in [7, 11) is -3.51. The van der Waals surface area contributed by atoms with Crippen LogP contribution in [0.5, 0.6) is 0 Å². The van der Waals surface area contributed by atoms with E-state index in [9.17, 15) is 13.2 Å². The smallest absolute Gasteiger partial charge is 0.250 e. The fourth-order valence-corrected chi connectivity index (χ4v) is 5.91. The molecule has 2 aromatic heterocycles. The van der Waals surface area contributed by atoms with Crippen LogP contribution in [-0.2, 0) is 21.2 Å². The van der Waals surface area contributed by atoms with Gasteiger partial charge in [0.05, 0.1) is 5.69 Å². The third-order valence-corrected chi connectivity index (χ3v) is 7.91. The third kappa shape index (κ3) is 4.46. The molecule has 3 rings (SSSR count). The first-order chi connectivity index (χ1) is 12.0. The number of hydrogen-bond acceptors (Lipinski definition) is 6. The Kier molecular flexibility index (Phi) is 5.88. The van der Waals surface area contributed by atoms with Gasteiger partial charge in [-0.3, -0.25) is 4.79 Å². The third-order valence-electron chi connectivity index (χ3n) is 4.07. The fourth-order valence-electron chi connectivity index (χ4n) is 2.66. The number of rotatable bonds is 8. The summed E-state index contributed by atoms with van der Waals surface area (Å²) in [5, 5.41) is 4.68. The van der Waals surface area contributed by atoms with Crippen molar-refractivity contribution in [2.45, 2.75) is 36.8 Å². The zero-order chi connectivity index (χ0) is 17.9. The van der Waals surface area contributed by atoms with Gasteiger partial charge in [0.2, 0.25) is 15.9 Å². The van der Waals surface area contributed by atoms with Crippen molar-refractivity contribution in [1.82, 2.24) is 14.6 Å². The van der Waals surface area contributed by atoms with Crippen molar-refractivity contribution >= 4 is 38.6 Å². The molecular weight excluding hydrogens is 378 g/mol. The highest BCUT2D eigenvalue weighted by Crippen LogP contribution is 2.30. The van der Waals surface area contributed by atoms with Gasteiger partial charge in [0, 0.05) is 42.4 Å². The van der Waals surface area contributed by atoms with Crippen molar-refractivity contribution < 1.29 is 13.2 Å². The van der Waals surface area contributed by atoms with E-state index < -0.39 is 10.0 Å². The van der Waals surface area contributed by atoms with Crippen molar-refractivity contribution in [3.8, 4) is 10.6 Å². The number of thiophene rings is 1. The summed E-state index contributed by atoms with van der Waals surface area (Å²) in [4.78, 5) is 17.8. The summed E-state index contributed by atoms with van der Waals surface area (Å²) >= 11 is 2.73. The molecule has 1 fully saturated rings. The lowest BCUT2D eigenvalue weighted by Gasteiger charge is -2.15. The van der Waals surface area contributed by atoms with Crippen LogP contribution in [-0.4, -0.2) is 43.8 Å². The van der Waals surface area contributed by atoms with Crippen LogP contribution in [0.4, 0.5) is 0 Å². The number of carbonyl (C=O) groups is 1. The van der Waals surface area contributed by atoms with E-state index in [1.54, 1.807) is 11.0 Å². The molecule has 1 aliphatic heterocycles. The molecule has 1 amide bonds. The highest BCUT2D eigenvalue weighted by Gasteiger charge is 2.21. The predicted octanol–water partition coefficient (Wildman–Crippen LogP) is 2.72. The fraction of sp³-hybridized carbons (Fsp3) is 0.500. The normalized spacial score (nSPS) is 15.2. The minimum Gasteiger partial charge on any atom is -0.343 e. The Morgan fingerprint density at radius 3 is 2.84 bits per heavy atom. The molecule has 0 atom stereocenters. The maximum absolute atomic E-state index is 12.4. The summed E-state index contributed by atoms with van der Waals surface area (Å²) in [5.74, 6) is 0.167. The molecule has 0 bridgehead atoms. The van der Waals surface area contributed by atoms with Gasteiger partial charge in [-0.1, -0.05) is 6.92 Å². The number of nitrogens with zero attached hydrogens (tertiary/aromatic N) is 2. The molecule has 0 aromatic carbocycles. The van der Waals surface area contributed by atoms with E-state index in [2.05, 4.69) is 9.71 Å². The van der Waals surface area contributed by atoms with Crippen LogP contribution in [0.3, 0.4) is 0 Å². The highest BCUT2D eigenvalue weighted by molar-refractivity contribution is 7.91. The largest absolute Gasteiger partial charge is 0.343 e. The predicted molar refractivity (Wildman–Crippen MR) is 100 cm³/mol. The average Bonchev–Trinajstić information content (AvgIpc) is 3.32. The van der Waals surface area contributed by atoms with E-state index >= 15 is 0 Å². The van der Waals surface area contributed by atoms with Crippen LogP contribution in [0, 0.1) is 0 Å². The Morgan fingerprint density at radius 2 is 2.16 bits per heavy atom. The standard InChI is InChI=1S/C16H21N3O3S3/c1-2-13-11-24-16(18-13)12-9-15(23-10-12)25(21,22)17-6-4-8-19-7-3-5-14(19)20/h9-11,17H,2-8H2,1H3. The Morgan fingerprint density at radius 1 is 1.32 bits per heavy atom. The second kappa shape index (κ2) is 7.94. The summed E-state index contributed by atoms with van der Waals surface area (Å²) in [6.07, 6.45) is 3.00. The minimum absolute atomic E-state index is 0.167. The summed E-state index contributed by atoms with van der Waals surface area (Å²) < 4.78 is 27.7. The second-order valence-electron chi connectivity index (χ2n) is 5.89. The van der Waals surface area contributed by atoms with Gasteiger partial charge in [-0.05, 0) is 25.3 Å². The Bertz CT molecular complexity index is 842. The molecule has 1 aliphatic rings. The van der Waals surface area contributed by atoms with Gasteiger partial charge in [-0.25, -0.2) is 18.1 Å². The van der Waals surface area contributed by atoms with Crippen molar-refractivity contribution in [1.29, 1.82) is 0 Å². The molecule has 0 unspecified atom stereocenters. The maximum Gasteiger partial charge on any atom is 0.250 e. The molecule has 6 nitrogen and oxygen atoms in total. The number of thiazole rings is 1. The van der Waals surface area contributed by atoms with Crippen LogP contribution in [0.1, 0.15) is 31.9 Å². The minimum atomic E-state index is -3.51. The molecule has 25 heavy (non-hydrogen) atoms. The highest BCUT2D eigenvalue weighted by atomic mass is 32.2. The quantitative estimate of drug-likeness (QED) is 0.692. The van der Waals surface area contributed by atoms with Crippen LogP contribution in [0.2, 0.25) is 0 Å². The van der Waals surface area contributed by atoms with Gasteiger partial charge >= 0.3 is 0 Å². The maximum atomic E-state index is 12.4. The number of nitrogens with one attached hydrogen (secondary N) is 1. The van der Waals surface area contributed by atoms with Gasteiger partial charge in [0.1, 0.15) is 9.22 Å². The van der Waals surface area contributed by atoms with E-state index in [0.717, 1.165) is 35.7 Å². The molecule has 3 heterocycles. The van der Waals surface area contributed by atoms with E-state index in [4.69, 9.17) is 0 Å².